The molecular formula is C17H12N2O3S. The summed E-state index contributed by atoms with van der Waals surface area (Å²) >= 11 is 1.52. The third-order valence-electron chi connectivity index (χ3n) is 3.61. The van der Waals surface area contributed by atoms with Crippen LogP contribution >= 0.6 is 11.3 Å². The number of benzene rings is 1. The second-order valence-electron chi connectivity index (χ2n) is 5.02. The minimum atomic E-state index is -0.353. The van der Waals surface area contributed by atoms with Gasteiger partial charge < -0.3 is 9.15 Å². The summed E-state index contributed by atoms with van der Waals surface area (Å²) in [7, 11) is 0. The van der Waals surface area contributed by atoms with Crippen molar-refractivity contribution in [1.82, 2.24) is 9.97 Å². The average Bonchev–Trinajstić information content (AvgIpc) is 3.03. The molecule has 0 fully saturated rings. The van der Waals surface area contributed by atoms with Crippen molar-refractivity contribution in [2.75, 3.05) is 0 Å². The van der Waals surface area contributed by atoms with E-state index in [1.807, 2.05) is 30.5 Å². The van der Waals surface area contributed by atoms with Crippen LogP contribution in [0.5, 0.6) is 11.6 Å². The molecule has 5 nitrogen and oxygen atoms in total. The molecule has 0 aliphatic rings. The summed E-state index contributed by atoms with van der Waals surface area (Å²) in [5, 5.41) is 2.86. The van der Waals surface area contributed by atoms with Gasteiger partial charge in [-0.1, -0.05) is 6.92 Å². The second kappa shape index (κ2) is 5.48. The number of aromatic nitrogens is 2. The lowest BCUT2D eigenvalue weighted by Gasteiger charge is -2.07. The first-order chi connectivity index (χ1) is 11.2. The Balaban J connectivity index is 1.80. The molecule has 4 rings (SSSR count). The Morgan fingerprint density at radius 1 is 1.22 bits per heavy atom. The van der Waals surface area contributed by atoms with Crippen LogP contribution in [0.3, 0.4) is 0 Å². The Morgan fingerprint density at radius 3 is 3.00 bits per heavy atom. The van der Waals surface area contributed by atoms with Crippen LogP contribution in [0.2, 0.25) is 0 Å². The van der Waals surface area contributed by atoms with E-state index in [1.54, 1.807) is 6.07 Å². The number of nitrogens with zero attached hydrogens (tertiary/aromatic N) is 2. The first-order valence-electron chi connectivity index (χ1n) is 7.17. The van der Waals surface area contributed by atoms with Gasteiger partial charge in [0.15, 0.2) is 0 Å². The smallest absolute Gasteiger partial charge is 0.336 e. The maximum absolute atomic E-state index is 11.6. The second-order valence-corrected chi connectivity index (χ2v) is 5.93. The highest BCUT2D eigenvalue weighted by atomic mass is 32.1. The van der Waals surface area contributed by atoms with Crippen LogP contribution in [0, 0.1) is 0 Å². The lowest BCUT2D eigenvalue weighted by atomic mass is 10.1. The molecule has 0 amide bonds. The fourth-order valence-corrected chi connectivity index (χ4v) is 3.29. The minimum absolute atomic E-state index is 0.353. The van der Waals surface area contributed by atoms with E-state index >= 15 is 0 Å². The molecular weight excluding hydrogens is 312 g/mol. The molecule has 0 aliphatic carbocycles. The molecule has 3 aromatic heterocycles. The van der Waals surface area contributed by atoms with Gasteiger partial charge in [0.2, 0.25) is 5.88 Å². The molecule has 0 bridgehead atoms. The monoisotopic (exact) mass is 324 g/mol. The summed E-state index contributed by atoms with van der Waals surface area (Å²) in [6.45, 7) is 2.01. The number of aryl methyl sites for hydroxylation is 1. The molecule has 0 atom stereocenters. The lowest BCUT2D eigenvalue weighted by molar-refractivity contribution is 0.467. The number of ether oxygens (including phenoxy) is 1. The average molecular weight is 324 g/mol. The molecule has 0 aliphatic heterocycles. The summed E-state index contributed by atoms with van der Waals surface area (Å²) in [5.41, 5.74) is 1.98. The van der Waals surface area contributed by atoms with Gasteiger partial charge in [0, 0.05) is 17.5 Å². The number of rotatable bonds is 3. The zero-order valence-electron chi connectivity index (χ0n) is 12.3. The molecule has 6 heteroatoms. The molecule has 0 unspecified atom stereocenters. The van der Waals surface area contributed by atoms with Gasteiger partial charge in [-0.3, -0.25) is 0 Å². The predicted octanol–water partition coefficient (Wildman–Crippen LogP) is 4.15. The fourth-order valence-electron chi connectivity index (χ4n) is 2.52. The van der Waals surface area contributed by atoms with Crippen LogP contribution in [0.1, 0.15) is 12.5 Å². The third-order valence-corrected chi connectivity index (χ3v) is 4.50. The van der Waals surface area contributed by atoms with Crippen molar-refractivity contribution in [3.63, 3.8) is 0 Å². The molecule has 0 N–H and O–H groups in total. The van der Waals surface area contributed by atoms with E-state index in [1.165, 1.54) is 23.7 Å². The zero-order chi connectivity index (χ0) is 15.8. The molecule has 3 heterocycles. The van der Waals surface area contributed by atoms with Crippen LogP contribution in [-0.4, -0.2) is 9.97 Å². The molecule has 114 valence electrons. The number of fused-ring (bicyclic) bond motifs is 2. The van der Waals surface area contributed by atoms with Crippen LogP contribution in [0.25, 0.3) is 21.2 Å². The lowest BCUT2D eigenvalue weighted by Crippen LogP contribution is -2.00. The van der Waals surface area contributed by atoms with E-state index in [-0.39, 0.29) is 5.63 Å². The quantitative estimate of drug-likeness (QED) is 0.530. The Morgan fingerprint density at radius 2 is 2.13 bits per heavy atom. The Kier molecular flexibility index (Phi) is 3.31. The molecule has 0 spiro atoms. The third kappa shape index (κ3) is 2.47. The molecule has 0 saturated carbocycles. The van der Waals surface area contributed by atoms with Crippen molar-refractivity contribution >= 4 is 32.5 Å². The van der Waals surface area contributed by atoms with E-state index in [2.05, 4.69) is 9.97 Å². The van der Waals surface area contributed by atoms with Gasteiger partial charge >= 0.3 is 5.63 Å². The first kappa shape index (κ1) is 13.9. The summed E-state index contributed by atoms with van der Waals surface area (Å²) in [5.74, 6) is 1.07. The Labute approximate surface area is 135 Å². The molecule has 0 radical (unpaired) electrons. The Hall–Kier alpha value is -2.73. The van der Waals surface area contributed by atoms with Gasteiger partial charge in [0.1, 0.15) is 22.4 Å². The SMILES string of the molecule is CCc1cc(=O)oc2cc(Oc3ncnc4ccsc34)ccc12. The predicted molar refractivity (Wildman–Crippen MR) is 89.4 cm³/mol. The maximum Gasteiger partial charge on any atom is 0.336 e. The Bertz CT molecular complexity index is 1070. The van der Waals surface area contributed by atoms with Crippen molar-refractivity contribution in [2.24, 2.45) is 0 Å². The van der Waals surface area contributed by atoms with E-state index < -0.39 is 0 Å². The van der Waals surface area contributed by atoms with Crippen molar-refractivity contribution < 1.29 is 9.15 Å². The fraction of sp³-hybridized carbons (Fsp3) is 0.118. The van der Waals surface area contributed by atoms with E-state index in [0.717, 1.165) is 27.6 Å². The summed E-state index contributed by atoms with van der Waals surface area (Å²) in [4.78, 5) is 20.0. The highest BCUT2D eigenvalue weighted by molar-refractivity contribution is 7.17. The standard InChI is InChI=1S/C17H12N2O3S/c1-2-10-7-15(20)22-14-8-11(3-4-12(10)14)21-17-16-13(5-6-23-16)18-9-19-17/h3-9H,2H2,1H3. The first-order valence-corrected chi connectivity index (χ1v) is 8.05. The van der Waals surface area contributed by atoms with E-state index in [0.29, 0.717) is 17.2 Å². The largest absolute Gasteiger partial charge is 0.437 e. The van der Waals surface area contributed by atoms with Crippen molar-refractivity contribution in [2.45, 2.75) is 13.3 Å². The van der Waals surface area contributed by atoms with Crippen molar-refractivity contribution in [1.29, 1.82) is 0 Å². The molecule has 23 heavy (non-hydrogen) atoms. The summed E-state index contributed by atoms with van der Waals surface area (Å²) in [6, 6.07) is 8.92. The van der Waals surface area contributed by atoms with Crippen LogP contribution < -0.4 is 10.4 Å². The van der Waals surface area contributed by atoms with Gasteiger partial charge in [0.25, 0.3) is 0 Å². The molecule has 4 aromatic rings. The topological polar surface area (TPSA) is 65.2 Å². The number of thiophene rings is 1. The van der Waals surface area contributed by atoms with Gasteiger partial charge in [0.05, 0.1) is 5.52 Å². The van der Waals surface area contributed by atoms with Crippen molar-refractivity contribution in [3.05, 3.63) is 58.0 Å². The minimum Gasteiger partial charge on any atom is -0.437 e. The van der Waals surface area contributed by atoms with Gasteiger partial charge in [-0.05, 0) is 35.6 Å². The number of hydrogen-bond acceptors (Lipinski definition) is 6. The van der Waals surface area contributed by atoms with E-state index in [9.17, 15) is 4.79 Å². The highest BCUT2D eigenvalue weighted by Crippen LogP contribution is 2.32. The molecule has 0 saturated heterocycles. The zero-order valence-corrected chi connectivity index (χ0v) is 13.1. The van der Waals surface area contributed by atoms with Gasteiger partial charge in [-0.15, -0.1) is 11.3 Å². The van der Waals surface area contributed by atoms with Crippen LogP contribution in [0.15, 0.2) is 51.3 Å². The number of hydrogen-bond donors (Lipinski definition) is 0. The van der Waals surface area contributed by atoms with E-state index in [4.69, 9.17) is 9.15 Å². The normalized spacial score (nSPS) is 11.2. The van der Waals surface area contributed by atoms with Gasteiger partial charge in [-0.2, -0.15) is 0 Å². The van der Waals surface area contributed by atoms with Crippen LogP contribution in [0.4, 0.5) is 0 Å². The van der Waals surface area contributed by atoms with Crippen LogP contribution in [-0.2, 0) is 6.42 Å². The highest BCUT2D eigenvalue weighted by Gasteiger charge is 2.10. The summed E-state index contributed by atoms with van der Waals surface area (Å²) < 4.78 is 12.0. The van der Waals surface area contributed by atoms with Gasteiger partial charge in [-0.25, -0.2) is 14.8 Å². The maximum atomic E-state index is 11.6. The van der Waals surface area contributed by atoms with Crippen molar-refractivity contribution in [3.8, 4) is 11.6 Å². The molecule has 1 aromatic carbocycles. The summed E-state index contributed by atoms with van der Waals surface area (Å²) in [6.07, 6.45) is 2.24.